The third kappa shape index (κ3) is 4.01. The third-order valence-corrected chi connectivity index (χ3v) is 4.58. The number of piperidine rings is 1. The van der Waals surface area contributed by atoms with Crippen LogP contribution in [0.2, 0.25) is 0 Å². The summed E-state index contributed by atoms with van der Waals surface area (Å²) >= 11 is 0. The van der Waals surface area contributed by atoms with Crippen LogP contribution >= 0.6 is 0 Å². The Hall–Kier alpha value is -2.18. The van der Waals surface area contributed by atoms with Gasteiger partial charge >= 0.3 is 0 Å². The molecule has 2 aromatic rings. The Morgan fingerprint density at radius 3 is 2.83 bits per heavy atom. The van der Waals surface area contributed by atoms with E-state index in [-0.39, 0.29) is 24.5 Å². The topological polar surface area (TPSA) is 70.4 Å². The first kappa shape index (κ1) is 16.7. The molecule has 1 saturated heterocycles. The zero-order valence-corrected chi connectivity index (χ0v) is 13.9. The molecule has 2 heterocycles. The van der Waals surface area contributed by atoms with Gasteiger partial charge in [0.25, 0.3) is 5.91 Å². The lowest BCUT2D eigenvalue weighted by atomic mass is 9.92. The number of aryl methyl sites for hydroxylation is 1. The van der Waals surface area contributed by atoms with E-state index in [1.165, 1.54) is 5.56 Å². The van der Waals surface area contributed by atoms with Crippen LogP contribution in [0.5, 0.6) is 0 Å². The number of likely N-dealkylation sites (tertiary alicyclic amines) is 1. The number of aliphatic hydroxyl groups excluding tert-OH is 1. The first-order valence-electron chi connectivity index (χ1n) is 8.31. The molecule has 24 heavy (non-hydrogen) atoms. The van der Waals surface area contributed by atoms with Gasteiger partial charge in [0.15, 0.2) is 0 Å². The molecule has 1 amide bonds. The number of hydrogen-bond donors (Lipinski definition) is 2. The van der Waals surface area contributed by atoms with Crippen LogP contribution in [0.3, 0.4) is 0 Å². The van der Waals surface area contributed by atoms with Crippen LogP contribution in [0.4, 0.5) is 0 Å². The lowest BCUT2D eigenvalue weighted by Gasteiger charge is -2.38. The molecule has 1 aliphatic rings. The molecule has 2 unspecified atom stereocenters. The van der Waals surface area contributed by atoms with Crippen molar-refractivity contribution < 1.29 is 9.90 Å². The molecule has 1 aliphatic heterocycles. The summed E-state index contributed by atoms with van der Waals surface area (Å²) in [5, 5.41) is 12.7. The van der Waals surface area contributed by atoms with Crippen molar-refractivity contribution in [2.45, 2.75) is 19.0 Å². The average molecular weight is 328 g/mol. The summed E-state index contributed by atoms with van der Waals surface area (Å²) in [6.07, 6.45) is 4.19. The highest BCUT2D eigenvalue weighted by molar-refractivity contribution is 5.92. The maximum absolute atomic E-state index is 12.4. The molecule has 1 aromatic heterocycles. The highest BCUT2D eigenvalue weighted by atomic mass is 16.3. The van der Waals surface area contributed by atoms with E-state index in [2.05, 4.69) is 27.3 Å². The average Bonchev–Trinajstić information content (AvgIpc) is 3.03. The van der Waals surface area contributed by atoms with Crippen LogP contribution in [0.25, 0.3) is 0 Å². The van der Waals surface area contributed by atoms with Crippen LogP contribution in [0, 0.1) is 5.92 Å². The monoisotopic (exact) mass is 328 g/mol. The second-order valence-electron chi connectivity index (χ2n) is 6.46. The Morgan fingerprint density at radius 1 is 1.38 bits per heavy atom. The smallest absolute Gasteiger partial charge is 0.271 e. The standard InChI is InChI=1S/C18H24N4O2/c1-21-10-17(19-13-21)18(24)20-16-11-22(8-7-15(16)12-23)9-14-5-3-2-4-6-14/h2-6,10,13,15-16,23H,7-9,11-12H2,1H3,(H,20,24). The van der Waals surface area contributed by atoms with Gasteiger partial charge in [-0.3, -0.25) is 9.69 Å². The van der Waals surface area contributed by atoms with Crippen LogP contribution in [0.15, 0.2) is 42.9 Å². The van der Waals surface area contributed by atoms with E-state index in [4.69, 9.17) is 0 Å². The second kappa shape index (κ2) is 7.59. The normalized spacial score (nSPS) is 21.6. The maximum atomic E-state index is 12.4. The van der Waals surface area contributed by atoms with E-state index >= 15 is 0 Å². The van der Waals surface area contributed by atoms with E-state index in [0.29, 0.717) is 5.69 Å². The van der Waals surface area contributed by atoms with Gasteiger partial charge in [-0.25, -0.2) is 4.98 Å². The molecule has 2 N–H and O–H groups in total. The number of nitrogens with zero attached hydrogens (tertiary/aromatic N) is 3. The van der Waals surface area contributed by atoms with Crippen LogP contribution in [-0.2, 0) is 13.6 Å². The Bertz CT molecular complexity index is 671. The summed E-state index contributed by atoms with van der Waals surface area (Å²) in [6, 6.07) is 10.2. The van der Waals surface area contributed by atoms with Crippen molar-refractivity contribution >= 4 is 5.91 Å². The van der Waals surface area contributed by atoms with Crippen molar-refractivity contribution in [3.05, 3.63) is 54.1 Å². The summed E-state index contributed by atoms with van der Waals surface area (Å²) in [7, 11) is 1.84. The summed E-state index contributed by atoms with van der Waals surface area (Å²) in [5.41, 5.74) is 1.67. The molecule has 1 aromatic carbocycles. The van der Waals surface area contributed by atoms with Gasteiger partial charge in [0, 0.05) is 44.9 Å². The molecule has 128 valence electrons. The van der Waals surface area contributed by atoms with Gasteiger partial charge < -0.3 is 15.0 Å². The van der Waals surface area contributed by atoms with Crippen LogP contribution < -0.4 is 5.32 Å². The fraction of sp³-hybridized carbons (Fsp3) is 0.444. The van der Waals surface area contributed by atoms with Gasteiger partial charge in [0.05, 0.1) is 6.33 Å². The molecule has 0 spiro atoms. The number of benzene rings is 1. The first-order valence-corrected chi connectivity index (χ1v) is 8.31. The van der Waals surface area contributed by atoms with Gasteiger partial charge in [-0.15, -0.1) is 0 Å². The van der Waals surface area contributed by atoms with E-state index in [1.807, 2.05) is 25.2 Å². The van der Waals surface area contributed by atoms with Crippen LogP contribution in [0.1, 0.15) is 22.5 Å². The second-order valence-corrected chi connectivity index (χ2v) is 6.46. The van der Waals surface area contributed by atoms with Gasteiger partial charge in [-0.05, 0) is 18.5 Å². The fourth-order valence-corrected chi connectivity index (χ4v) is 3.21. The zero-order valence-electron chi connectivity index (χ0n) is 13.9. The Balaban J connectivity index is 1.64. The number of imidazole rings is 1. The number of amides is 1. The molecule has 3 rings (SSSR count). The van der Waals surface area contributed by atoms with Crippen molar-refractivity contribution in [3.8, 4) is 0 Å². The minimum Gasteiger partial charge on any atom is -0.396 e. The Morgan fingerprint density at radius 2 is 2.17 bits per heavy atom. The predicted molar refractivity (Wildman–Crippen MR) is 91.4 cm³/mol. The Kier molecular flexibility index (Phi) is 5.27. The molecule has 0 aliphatic carbocycles. The number of hydrogen-bond acceptors (Lipinski definition) is 4. The van der Waals surface area contributed by atoms with Gasteiger partial charge in [-0.1, -0.05) is 30.3 Å². The fourth-order valence-electron chi connectivity index (χ4n) is 3.21. The highest BCUT2D eigenvalue weighted by Crippen LogP contribution is 2.19. The molecule has 0 radical (unpaired) electrons. The number of nitrogens with one attached hydrogen (secondary N) is 1. The molecule has 0 saturated carbocycles. The van der Waals surface area contributed by atoms with Crippen LogP contribution in [-0.4, -0.2) is 51.2 Å². The number of carbonyl (C=O) groups is 1. The molecule has 6 heteroatoms. The van der Waals surface area contributed by atoms with Crippen molar-refractivity contribution in [1.82, 2.24) is 19.8 Å². The lowest BCUT2D eigenvalue weighted by molar-refractivity contribution is 0.0727. The molecular weight excluding hydrogens is 304 g/mol. The molecule has 2 atom stereocenters. The molecule has 6 nitrogen and oxygen atoms in total. The van der Waals surface area contributed by atoms with Crippen molar-refractivity contribution in [1.29, 1.82) is 0 Å². The molecule has 0 bridgehead atoms. The van der Waals surface area contributed by atoms with E-state index < -0.39 is 0 Å². The van der Waals surface area contributed by atoms with Gasteiger partial charge in [0.1, 0.15) is 5.69 Å². The quantitative estimate of drug-likeness (QED) is 0.860. The minimum absolute atomic E-state index is 0.0676. The van der Waals surface area contributed by atoms with Gasteiger partial charge in [0.2, 0.25) is 0 Å². The van der Waals surface area contributed by atoms with Crippen molar-refractivity contribution in [2.24, 2.45) is 13.0 Å². The highest BCUT2D eigenvalue weighted by Gasteiger charge is 2.30. The van der Waals surface area contributed by atoms with Gasteiger partial charge in [-0.2, -0.15) is 0 Å². The predicted octanol–water partition coefficient (Wildman–Crippen LogP) is 1.03. The number of aliphatic hydroxyl groups is 1. The summed E-state index contributed by atoms with van der Waals surface area (Å²) in [5.74, 6) is -0.0923. The van der Waals surface area contributed by atoms with Crippen molar-refractivity contribution in [3.63, 3.8) is 0 Å². The van der Waals surface area contributed by atoms with E-state index in [1.54, 1.807) is 17.1 Å². The summed E-state index contributed by atoms with van der Waals surface area (Å²) < 4.78 is 1.75. The largest absolute Gasteiger partial charge is 0.396 e. The zero-order chi connectivity index (χ0) is 16.9. The molecule has 1 fully saturated rings. The number of rotatable bonds is 5. The maximum Gasteiger partial charge on any atom is 0.271 e. The summed E-state index contributed by atoms with van der Waals surface area (Å²) in [6.45, 7) is 2.61. The Labute approximate surface area is 142 Å². The number of aromatic nitrogens is 2. The number of carbonyl (C=O) groups excluding carboxylic acids is 1. The lowest BCUT2D eigenvalue weighted by Crippen LogP contribution is -2.53. The molecular formula is C18H24N4O2. The van der Waals surface area contributed by atoms with E-state index in [0.717, 1.165) is 26.1 Å². The SMILES string of the molecule is Cn1cnc(C(=O)NC2CN(Cc3ccccc3)CCC2CO)c1. The minimum atomic E-state index is -0.180. The third-order valence-electron chi connectivity index (χ3n) is 4.58. The van der Waals surface area contributed by atoms with E-state index in [9.17, 15) is 9.90 Å². The first-order chi connectivity index (χ1) is 11.7. The summed E-state index contributed by atoms with van der Waals surface area (Å²) in [4.78, 5) is 18.8. The van der Waals surface area contributed by atoms with Crippen molar-refractivity contribution in [2.75, 3.05) is 19.7 Å².